The number of amides is 2. The third-order valence-corrected chi connectivity index (χ3v) is 3.93. The first-order valence-electron chi connectivity index (χ1n) is 6.65. The monoisotopic (exact) mass is 280 g/mol. The summed E-state index contributed by atoms with van der Waals surface area (Å²) in [6, 6.07) is -0.335. The van der Waals surface area contributed by atoms with Gasteiger partial charge in [0.2, 0.25) is 11.8 Å². The molecule has 8 nitrogen and oxygen atoms in total. The molecule has 2 aliphatic rings. The molecule has 3 rings (SSSR count). The topological polar surface area (TPSA) is 99.8 Å². The summed E-state index contributed by atoms with van der Waals surface area (Å²) in [6.07, 6.45) is 0.549. The quantitative estimate of drug-likeness (QED) is 0.861. The molecule has 0 aliphatic carbocycles. The van der Waals surface area contributed by atoms with Gasteiger partial charge >= 0.3 is 6.09 Å². The molecule has 1 aromatic rings. The highest BCUT2D eigenvalue weighted by Crippen LogP contribution is 2.32. The van der Waals surface area contributed by atoms with Crippen LogP contribution in [0.25, 0.3) is 0 Å². The molecule has 0 spiro atoms. The highest BCUT2D eigenvalue weighted by atomic mass is 16.5. The van der Waals surface area contributed by atoms with Gasteiger partial charge in [0.15, 0.2) is 5.82 Å². The van der Waals surface area contributed by atoms with E-state index in [1.54, 1.807) is 4.90 Å². The zero-order valence-corrected chi connectivity index (χ0v) is 11.2. The normalized spacial score (nSPS) is 22.9. The average Bonchev–Trinajstić information content (AvgIpc) is 2.92. The van der Waals surface area contributed by atoms with E-state index in [1.165, 1.54) is 11.8 Å². The van der Waals surface area contributed by atoms with Gasteiger partial charge in [-0.3, -0.25) is 9.69 Å². The van der Waals surface area contributed by atoms with Crippen molar-refractivity contribution in [3.8, 4) is 0 Å². The minimum Gasteiger partial charge on any atom is -0.465 e. The zero-order chi connectivity index (χ0) is 14.3. The molecule has 0 radical (unpaired) electrons. The van der Waals surface area contributed by atoms with Crippen LogP contribution in [0.3, 0.4) is 0 Å². The van der Waals surface area contributed by atoms with Gasteiger partial charge in [0.05, 0.1) is 5.92 Å². The molecule has 108 valence electrons. The number of carbonyl (C=O) groups is 2. The van der Waals surface area contributed by atoms with Gasteiger partial charge in [-0.1, -0.05) is 5.16 Å². The molecule has 0 unspecified atom stereocenters. The first-order chi connectivity index (χ1) is 9.56. The summed E-state index contributed by atoms with van der Waals surface area (Å²) >= 11 is 0. The Morgan fingerprint density at radius 2 is 2.15 bits per heavy atom. The Balaban J connectivity index is 1.68. The van der Waals surface area contributed by atoms with Crippen molar-refractivity contribution >= 4 is 12.0 Å². The molecule has 1 aromatic heterocycles. The first-order valence-corrected chi connectivity index (χ1v) is 6.65. The molecule has 1 atom stereocenters. The van der Waals surface area contributed by atoms with Crippen molar-refractivity contribution in [2.75, 3.05) is 19.6 Å². The molecule has 8 heteroatoms. The number of rotatable bonds is 2. The predicted octanol–water partition coefficient (Wildman–Crippen LogP) is 0.830. The van der Waals surface area contributed by atoms with Gasteiger partial charge < -0.3 is 14.5 Å². The van der Waals surface area contributed by atoms with Crippen molar-refractivity contribution in [1.82, 2.24) is 19.9 Å². The molecule has 2 fully saturated rings. The van der Waals surface area contributed by atoms with E-state index in [1.807, 2.05) is 0 Å². The molecule has 2 saturated heterocycles. The summed E-state index contributed by atoms with van der Waals surface area (Å²) < 4.78 is 5.21. The van der Waals surface area contributed by atoms with Crippen molar-refractivity contribution in [3.05, 3.63) is 11.7 Å². The fourth-order valence-corrected chi connectivity index (χ4v) is 2.70. The number of hydrogen-bond acceptors (Lipinski definition) is 5. The molecule has 0 saturated carbocycles. The zero-order valence-electron chi connectivity index (χ0n) is 11.2. The SMILES string of the molecule is CC(=O)N1CC(c2noc([C@@H]3CCCN3C(=O)O)n2)C1. The Hall–Kier alpha value is -2.12. The van der Waals surface area contributed by atoms with E-state index in [4.69, 9.17) is 9.63 Å². The molecule has 0 bridgehead atoms. The second kappa shape index (κ2) is 4.77. The highest BCUT2D eigenvalue weighted by Gasteiger charge is 2.37. The van der Waals surface area contributed by atoms with Crippen LogP contribution in [-0.4, -0.2) is 56.7 Å². The van der Waals surface area contributed by atoms with Crippen LogP contribution in [0.2, 0.25) is 0 Å². The number of carbonyl (C=O) groups excluding carboxylic acids is 1. The Bertz CT molecular complexity index is 537. The summed E-state index contributed by atoms with van der Waals surface area (Å²) in [5.74, 6) is 1.06. The maximum Gasteiger partial charge on any atom is 0.407 e. The lowest BCUT2D eigenvalue weighted by Gasteiger charge is -2.36. The van der Waals surface area contributed by atoms with Crippen molar-refractivity contribution in [1.29, 1.82) is 0 Å². The summed E-state index contributed by atoms with van der Waals surface area (Å²) in [7, 11) is 0. The van der Waals surface area contributed by atoms with Gasteiger partial charge in [0.25, 0.3) is 0 Å². The fourth-order valence-electron chi connectivity index (χ4n) is 2.70. The Morgan fingerprint density at radius 3 is 2.80 bits per heavy atom. The third-order valence-electron chi connectivity index (χ3n) is 3.93. The Labute approximate surface area is 115 Å². The lowest BCUT2D eigenvalue weighted by Crippen LogP contribution is -2.47. The second-order valence-corrected chi connectivity index (χ2v) is 5.25. The second-order valence-electron chi connectivity index (χ2n) is 5.25. The van der Waals surface area contributed by atoms with Gasteiger partial charge in [-0.2, -0.15) is 4.98 Å². The predicted molar refractivity (Wildman–Crippen MR) is 66.0 cm³/mol. The summed E-state index contributed by atoms with van der Waals surface area (Å²) in [6.45, 7) is 3.23. The van der Waals surface area contributed by atoms with Crippen molar-refractivity contribution in [2.45, 2.75) is 31.7 Å². The average molecular weight is 280 g/mol. The van der Waals surface area contributed by atoms with Gasteiger partial charge in [0, 0.05) is 26.6 Å². The van der Waals surface area contributed by atoms with Crippen LogP contribution in [0.1, 0.15) is 43.4 Å². The van der Waals surface area contributed by atoms with E-state index >= 15 is 0 Å². The maximum absolute atomic E-state index is 11.1. The number of aromatic nitrogens is 2. The van der Waals surface area contributed by atoms with Crippen LogP contribution < -0.4 is 0 Å². The van der Waals surface area contributed by atoms with Crippen molar-refractivity contribution < 1.29 is 19.2 Å². The largest absolute Gasteiger partial charge is 0.465 e. The van der Waals surface area contributed by atoms with Crippen molar-refractivity contribution in [3.63, 3.8) is 0 Å². The van der Waals surface area contributed by atoms with E-state index in [0.29, 0.717) is 37.8 Å². The summed E-state index contributed by atoms with van der Waals surface area (Å²) in [5, 5.41) is 13.0. The fraction of sp³-hybridized carbons (Fsp3) is 0.667. The number of nitrogens with zero attached hydrogens (tertiary/aromatic N) is 4. The maximum atomic E-state index is 11.1. The number of likely N-dealkylation sites (tertiary alicyclic amines) is 2. The number of hydrogen-bond donors (Lipinski definition) is 1. The molecule has 2 amide bonds. The van der Waals surface area contributed by atoms with Crippen molar-refractivity contribution in [2.24, 2.45) is 0 Å². The van der Waals surface area contributed by atoms with Crippen LogP contribution in [0, 0.1) is 0 Å². The molecule has 1 N–H and O–H groups in total. The van der Waals surface area contributed by atoms with Gasteiger partial charge in [-0.25, -0.2) is 4.79 Å². The molecule has 2 aliphatic heterocycles. The molecule has 3 heterocycles. The van der Waals surface area contributed by atoms with Crippen LogP contribution in [-0.2, 0) is 4.79 Å². The van der Waals surface area contributed by atoms with Gasteiger partial charge in [0.1, 0.15) is 6.04 Å². The minimum absolute atomic E-state index is 0.0396. The van der Waals surface area contributed by atoms with E-state index in [0.717, 1.165) is 6.42 Å². The Kier molecular flexibility index (Phi) is 3.07. The Morgan fingerprint density at radius 1 is 1.40 bits per heavy atom. The molecule has 0 aromatic carbocycles. The lowest BCUT2D eigenvalue weighted by atomic mass is 9.99. The van der Waals surface area contributed by atoms with E-state index < -0.39 is 6.09 Å². The molecular weight excluding hydrogens is 264 g/mol. The summed E-state index contributed by atoms with van der Waals surface area (Å²) in [5.41, 5.74) is 0. The smallest absolute Gasteiger partial charge is 0.407 e. The third kappa shape index (κ3) is 2.10. The molecule has 20 heavy (non-hydrogen) atoms. The lowest BCUT2D eigenvalue weighted by molar-refractivity contribution is -0.133. The first kappa shape index (κ1) is 12.9. The van der Waals surface area contributed by atoms with Crippen LogP contribution in [0.4, 0.5) is 4.79 Å². The van der Waals surface area contributed by atoms with Gasteiger partial charge in [-0.15, -0.1) is 0 Å². The number of carboxylic acid groups (broad SMARTS) is 1. The van der Waals surface area contributed by atoms with Crippen LogP contribution in [0.5, 0.6) is 0 Å². The molecular formula is C12H16N4O4. The van der Waals surface area contributed by atoms with E-state index in [9.17, 15) is 9.59 Å². The summed E-state index contributed by atoms with van der Waals surface area (Å²) in [4.78, 5) is 29.6. The van der Waals surface area contributed by atoms with Gasteiger partial charge in [-0.05, 0) is 12.8 Å². The standard InChI is InChI=1S/C12H16N4O4/c1-7(17)15-5-8(6-15)10-13-11(20-14-10)9-3-2-4-16(9)12(18)19/h8-9H,2-6H2,1H3,(H,18,19)/t9-/m0/s1. The van der Waals surface area contributed by atoms with E-state index in [-0.39, 0.29) is 17.9 Å². The van der Waals surface area contributed by atoms with Crippen LogP contribution in [0.15, 0.2) is 4.52 Å². The van der Waals surface area contributed by atoms with Crippen LogP contribution >= 0.6 is 0 Å². The highest BCUT2D eigenvalue weighted by molar-refractivity contribution is 5.74. The van der Waals surface area contributed by atoms with E-state index in [2.05, 4.69) is 10.1 Å². The minimum atomic E-state index is -0.960.